The molecule has 0 fully saturated rings. The predicted octanol–water partition coefficient (Wildman–Crippen LogP) is 2.70. The third kappa shape index (κ3) is 6.18. The molecule has 0 aliphatic carbocycles. The SMILES string of the molecule is CCNC(=NCc1ccc(S(C)(=O)=O)c(C)c1)NCCc1cc(F)cc2c1OCOC2. The molecule has 0 atom stereocenters. The zero-order valence-corrected chi connectivity index (χ0v) is 18.8. The molecule has 0 bridgehead atoms. The van der Waals surface area contributed by atoms with Gasteiger partial charge in [0, 0.05) is 24.9 Å². The highest BCUT2D eigenvalue weighted by Crippen LogP contribution is 2.29. The van der Waals surface area contributed by atoms with Gasteiger partial charge in [-0.3, -0.25) is 0 Å². The van der Waals surface area contributed by atoms with Crippen molar-refractivity contribution < 1.29 is 22.3 Å². The number of rotatable bonds is 7. The average molecular weight is 450 g/mol. The molecule has 0 saturated heterocycles. The number of ether oxygens (including phenoxy) is 2. The molecule has 0 aromatic heterocycles. The van der Waals surface area contributed by atoms with Crippen molar-refractivity contribution in [2.24, 2.45) is 4.99 Å². The first kappa shape index (κ1) is 23.0. The normalized spacial score (nSPS) is 14.0. The Labute approximate surface area is 182 Å². The Morgan fingerprint density at radius 3 is 2.74 bits per heavy atom. The van der Waals surface area contributed by atoms with Crippen LogP contribution in [0, 0.1) is 12.7 Å². The third-order valence-electron chi connectivity index (χ3n) is 4.84. The van der Waals surface area contributed by atoms with Gasteiger partial charge in [0.2, 0.25) is 0 Å². The van der Waals surface area contributed by atoms with Gasteiger partial charge in [-0.2, -0.15) is 0 Å². The number of guanidine groups is 1. The molecule has 168 valence electrons. The fourth-order valence-electron chi connectivity index (χ4n) is 3.50. The second kappa shape index (κ2) is 10.1. The van der Waals surface area contributed by atoms with Crippen LogP contribution in [0.2, 0.25) is 0 Å². The van der Waals surface area contributed by atoms with Crippen LogP contribution in [-0.2, 0) is 34.1 Å². The molecule has 1 aliphatic heterocycles. The van der Waals surface area contributed by atoms with Crippen molar-refractivity contribution in [3.8, 4) is 5.75 Å². The maximum absolute atomic E-state index is 13.9. The second-order valence-electron chi connectivity index (χ2n) is 7.41. The Morgan fingerprint density at radius 2 is 2.03 bits per heavy atom. The van der Waals surface area contributed by atoms with Crippen LogP contribution in [0.3, 0.4) is 0 Å². The van der Waals surface area contributed by atoms with Gasteiger partial charge in [0.15, 0.2) is 22.6 Å². The van der Waals surface area contributed by atoms with E-state index >= 15 is 0 Å². The number of sulfone groups is 1. The zero-order chi connectivity index (χ0) is 22.4. The number of nitrogens with zero attached hydrogens (tertiary/aromatic N) is 1. The van der Waals surface area contributed by atoms with Crippen molar-refractivity contribution in [1.82, 2.24) is 10.6 Å². The summed E-state index contributed by atoms with van der Waals surface area (Å²) in [6.45, 7) is 5.89. The first-order chi connectivity index (χ1) is 14.8. The zero-order valence-electron chi connectivity index (χ0n) is 18.0. The molecule has 2 N–H and O–H groups in total. The fourth-order valence-corrected chi connectivity index (χ4v) is 4.45. The molecule has 1 aliphatic rings. The minimum absolute atomic E-state index is 0.167. The Hall–Kier alpha value is -2.65. The Morgan fingerprint density at radius 1 is 1.23 bits per heavy atom. The van der Waals surface area contributed by atoms with Crippen LogP contribution in [0.5, 0.6) is 5.75 Å². The molecule has 2 aromatic carbocycles. The predicted molar refractivity (Wildman–Crippen MR) is 117 cm³/mol. The lowest BCUT2D eigenvalue weighted by molar-refractivity contribution is -0.0172. The standard InChI is InChI=1S/C22H28FN3O4S/c1-4-24-22(26-12-16-5-6-20(15(2)9-16)31(3,27)28)25-8-7-17-10-19(23)11-18-13-29-14-30-21(17)18/h5-6,9-11H,4,7-8,12-14H2,1-3H3,(H2,24,25,26). The van der Waals surface area contributed by atoms with E-state index in [1.165, 1.54) is 18.4 Å². The van der Waals surface area contributed by atoms with E-state index in [9.17, 15) is 12.8 Å². The summed E-state index contributed by atoms with van der Waals surface area (Å²) in [6.07, 6.45) is 1.76. The number of hydrogen-bond donors (Lipinski definition) is 2. The Bertz CT molecular complexity index is 1070. The number of aliphatic imine (C=N–C) groups is 1. The van der Waals surface area contributed by atoms with Crippen molar-refractivity contribution in [3.63, 3.8) is 0 Å². The minimum Gasteiger partial charge on any atom is -0.467 e. The third-order valence-corrected chi connectivity index (χ3v) is 6.10. The maximum atomic E-state index is 13.9. The van der Waals surface area contributed by atoms with Crippen LogP contribution in [0.1, 0.15) is 29.2 Å². The van der Waals surface area contributed by atoms with Gasteiger partial charge in [-0.05, 0) is 55.2 Å². The molecule has 1 heterocycles. The van der Waals surface area contributed by atoms with Crippen molar-refractivity contribution in [2.75, 3.05) is 26.1 Å². The first-order valence-electron chi connectivity index (χ1n) is 10.1. The molecule has 0 radical (unpaired) electrons. The number of nitrogens with one attached hydrogen (secondary N) is 2. The number of halogens is 1. The molecule has 0 spiro atoms. The summed E-state index contributed by atoms with van der Waals surface area (Å²) in [5.41, 5.74) is 3.12. The molecule has 31 heavy (non-hydrogen) atoms. The van der Waals surface area contributed by atoms with E-state index in [1.54, 1.807) is 19.1 Å². The lowest BCUT2D eigenvalue weighted by Crippen LogP contribution is -2.38. The van der Waals surface area contributed by atoms with Crippen LogP contribution >= 0.6 is 0 Å². The first-order valence-corrected chi connectivity index (χ1v) is 12.0. The number of aryl methyl sites for hydroxylation is 1. The van der Waals surface area contributed by atoms with Crippen molar-refractivity contribution in [3.05, 3.63) is 58.4 Å². The summed E-state index contributed by atoms with van der Waals surface area (Å²) in [5, 5.41) is 6.43. The van der Waals surface area contributed by atoms with E-state index < -0.39 is 9.84 Å². The van der Waals surface area contributed by atoms with Gasteiger partial charge in [-0.1, -0.05) is 12.1 Å². The topological polar surface area (TPSA) is 89.0 Å². The monoisotopic (exact) mass is 449 g/mol. The van der Waals surface area contributed by atoms with Crippen LogP contribution in [0.4, 0.5) is 4.39 Å². The van der Waals surface area contributed by atoms with Gasteiger partial charge in [0.1, 0.15) is 11.6 Å². The smallest absolute Gasteiger partial charge is 0.191 e. The van der Waals surface area contributed by atoms with Gasteiger partial charge in [-0.15, -0.1) is 0 Å². The van der Waals surface area contributed by atoms with E-state index in [4.69, 9.17) is 9.47 Å². The van der Waals surface area contributed by atoms with Crippen LogP contribution in [0.25, 0.3) is 0 Å². The maximum Gasteiger partial charge on any atom is 0.191 e. The summed E-state index contributed by atoms with van der Waals surface area (Å²) in [4.78, 5) is 4.90. The minimum atomic E-state index is -3.24. The summed E-state index contributed by atoms with van der Waals surface area (Å²) < 4.78 is 48.2. The fraction of sp³-hybridized carbons (Fsp3) is 0.409. The van der Waals surface area contributed by atoms with E-state index in [2.05, 4.69) is 15.6 Å². The molecule has 7 nitrogen and oxygen atoms in total. The molecule has 0 unspecified atom stereocenters. The highest BCUT2D eigenvalue weighted by Gasteiger charge is 2.17. The quantitative estimate of drug-likeness (QED) is 0.499. The van der Waals surface area contributed by atoms with Crippen molar-refractivity contribution in [2.45, 2.75) is 38.3 Å². The molecule has 2 aromatic rings. The molecular weight excluding hydrogens is 421 g/mol. The highest BCUT2D eigenvalue weighted by molar-refractivity contribution is 7.90. The van der Waals surface area contributed by atoms with Crippen LogP contribution in [-0.4, -0.2) is 40.5 Å². The van der Waals surface area contributed by atoms with Gasteiger partial charge < -0.3 is 20.1 Å². The number of hydrogen-bond acceptors (Lipinski definition) is 5. The van der Waals surface area contributed by atoms with E-state index in [1.807, 2.05) is 13.0 Å². The van der Waals surface area contributed by atoms with Gasteiger partial charge in [0.25, 0.3) is 0 Å². The second-order valence-corrected chi connectivity index (χ2v) is 9.39. The van der Waals surface area contributed by atoms with Crippen LogP contribution in [0.15, 0.2) is 40.2 Å². The molecule has 0 amide bonds. The van der Waals surface area contributed by atoms with Gasteiger partial charge >= 0.3 is 0 Å². The summed E-state index contributed by atoms with van der Waals surface area (Å²) >= 11 is 0. The lowest BCUT2D eigenvalue weighted by atomic mass is 10.1. The molecule has 9 heteroatoms. The number of fused-ring (bicyclic) bond motifs is 1. The van der Waals surface area contributed by atoms with Gasteiger partial charge in [0.05, 0.1) is 18.0 Å². The summed E-state index contributed by atoms with van der Waals surface area (Å²) in [5.74, 6) is 1.01. The summed E-state index contributed by atoms with van der Waals surface area (Å²) in [6, 6.07) is 8.15. The number of benzene rings is 2. The van der Waals surface area contributed by atoms with E-state index in [-0.39, 0.29) is 12.6 Å². The molecule has 3 rings (SSSR count). The highest BCUT2D eigenvalue weighted by atomic mass is 32.2. The largest absolute Gasteiger partial charge is 0.467 e. The van der Waals surface area contributed by atoms with Gasteiger partial charge in [-0.25, -0.2) is 17.8 Å². The van der Waals surface area contributed by atoms with Crippen molar-refractivity contribution in [1.29, 1.82) is 0 Å². The van der Waals surface area contributed by atoms with E-state index in [0.29, 0.717) is 54.8 Å². The molecular formula is C22H28FN3O4S. The average Bonchev–Trinajstić information content (AvgIpc) is 2.71. The summed E-state index contributed by atoms with van der Waals surface area (Å²) in [7, 11) is -3.24. The van der Waals surface area contributed by atoms with E-state index in [0.717, 1.165) is 16.7 Å². The Kier molecular flexibility index (Phi) is 7.50. The lowest BCUT2D eigenvalue weighted by Gasteiger charge is -2.21. The Balaban J connectivity index is 1.65. The van der Waals surface area contributed by atoms with Crippen LogP contribution < -0.4 is 15.4 Å². The molecule has 0 saturated carbocycles. The van der Waals surface area contributed by atoms with Crippen molar-refractivity contribution >= 4 is 15.8 Å².